The number of hydrogen-bond donors (Lipinski definition) is 1. The van der Waals surface area contributed by atoms with Gasteiger partial charge in [0.1, 0.15) is 5.82 Å². The molecule has 1 rings (SSSR count). The summed E-state index contributed by atoms with van der Waals surface area (Å²) in [7, 11) is 0. The minimum atomic E-state index is -0.441. The van der Waals surface area contributed by atoms with Gasteiger partial charge >= 0.3 is 0 Å². The van der Waals surface area contributed by atoms with Gasteiger partial charge in [0.25, 0.3) is 0 Å². The number of aliphatic hydroxyl groups is 1. The topological polar surface area (TPSA) is 20.2 Å². The Morgan fingerprint density at radius 1 is 1.22 bits per heavy atom. The van der Waals surface area contributed by atoms with Crippen LogP contribution in [0.4, 0.5) is 4.39 Å². The van der Waals surface area contributed by atoms with Crippen molar-refractivity contribution in [3.05, 3.63) is 34.6 Å². The zero-order valence-corrected chi connectivity index (χ0v) is 11.9. The van der Waals surface area contributed by atoms with Crippen LogP contribution in [0.25, 0.3) is 0 Å². The van der Waals surface area contributed by atoms with Crippen LogP contribution in [-0.2, 0) is 6.42 Å². The van der Waals surface area contributed by atoms with Crippen LogP contribution in [0.1, 0.15) is 45.1 Å². The summed E-state index contributed by atoms with van der Waals surface area (Å²) in [5.74, 6) is -0.136. The SMILES string of the molecule is CCCC(CCC)C(O)Cc1cccc(F)c1Cl. The van der Waals surface area contributed by atoms with Crippen molar-refractivity contribution in [1.82, 2.24) is 0 Å². The third-order valence-electron chi connectivity index (χ3n) is 3.32. The second-order valence-electron chi connectivity index (χ2n) is 4.82. The maximum absolute atomic E-state index is 13.3. The molecule has 0 bridgehead atoms. The molecule has 0 fully saturated rings. The molecule has 0 aliphatic rings. The lowest BCUT2D eigenvalue weighted by Crippen LogP contribution is -2.23. The van der Waals surface area contributed by atoms with Gasteiger partial charge in [0.05, 0.1) is 11.1 Å². The van der Waals surface area contributed by atoms with Crippen LogP contribution >= 0.6 is 11.6 Å². The largest absolute Gasteiger partial charge is 0.392 e. The summed E-state index contributed by atoms with van der Waals surface area (Å²) in [5, 5.41) is 10.4. The summed E-state index contributed by atoms with van der Waals surface area (Å²) in [6.07, 6.45) is 4.10. The van der Waals surface area contributed by atoms with Crippen LogP contribution in [0.2, 0.25) is 5.02 Å². The first-order chi connectivity index (χ1) is 8.60. The van der Waals surface area contributed by atoms with Crippen molar-refractivity contribution in [3.8, 4) is 0 Å². The molecule has 1 nitrogen and oxygen atoms in total. The summed E-state index contributed by atoms with van der Waals surface area (Å²) in [6, 6.07) is 4.76. The number of hydrogen-bond acceptors (Lipinski definition) is 1. The molecule has 1 atom stereocenters. The fraction of sp³-hybridized carbons (Fsp3) is 0.600. The Kier molecular flexibility index (Phi) is 6.66. The van der Waals surface area contributed by atoms with Crippen molar-refractivity contribution in [1.29, 1.82) is 0 Å². The Hall–Kier alpha value is -0.600. The van der Waals surface area contributed by atoms with Crippen molar-refractivity contribution >= 4 is 11.6 Å². The van der Waals surface area contributed by atoms with Gasteiger partial charge in [-0.05, 0) is 30.4 Å². The number of halogens is 2. The first kappa shape index (κ1) is 15.5. The van der Waals surface area contributed by atoms with Crippen molar-refractivity contribution in [3.63, 3.8) is 0 Å². The van der Waals surface area contributed by atoms with E-state index in [1.807, 2.05) is 0 Å². The molecule has 1 aromatic rings. The lowest BCUT2D eigenvalue weighted by molar-refractivity contribution is 0.0963. The Morgan fingerprint density at radius 3 is 2.39 bits per heavy atom. The minimum Gasteiger partial charge on any atom is -0.392 e. The standard InChI is InChI=1S/C15H22ClFO/c1-3-6-11(7-4-2)14(18)10-12-8-5-9-13(17)15(12)16/h5,8-9,11,14,18H,3-4,6-7,10H2,1-2H3. The molecule has 1 aromatic carbocycles. The monoisotopic (exact) mass is 272 g/mol. The van der Waals surface area contributed by atoms with Gasteiger partial charge < -0.3 is 5.11 Å². The highest BCUT2D eigenvalue weighted by molar-refractivity contribution is 6.31. The summed E-state index contributed by atoms with van der Waals surface area (Å²) >= 11 is 5.91. The Labute approximate surface area is 114 Å². The zero-order chi connectivity index (χ0) is 13.5. The van der Waals surface area contributed by atoms with E-state index in [1.54, 1.807) is 12.1 Å². The lowest BCUT2D eigenvalue weighted by Gasteiger charge is -2.22. The second-order valence-corrected chi connectivity index (χ2v) is 5.20. The van der Waals surface area contributed by atoms with E-state index in [2.05, 4.69) is 13.8 Å². The highest BCUT2D eigenvalue weighted by Gasteiger charge is 2.19. The van der Waals surface area contributed by atoms with Crippen molar-refractivity contribution in [2.45, 2.75) is 52.1 Å². The summed E-state index contributed by atoms with van der Waals surface area (Å²) < 4.78 is 13.3. The van der Waals surface area contributed by atoms with Crippen molar-refractivity contribution < 1.29 is 9.50 Å². The van der Waals surface area contributed by atoms with E-state index in [4.69, 9.17) is 11.6 Å². The van der Waals surface area contributed by atoms with E-state index >= 15 is 0 Å². The molecule has 0 saturated carbocycles. The van der Waals surface area contributed by atoms with E-state index in [-0.39, 0.29) is 10.9 Å². The Morgan fingerprint density at radius 2 is 1.83 bits per heavy atom. The van der Waals surface area contributed by atoms with Crippen LogP contribution in [0, 0.1) is 11.7 Å². The van der Waals surface area contributed by atoms with Crippen LogP contribution in [-0.4, -0.2) is 11.2 Å². The van der Waals surface area contributed by atoms with Gasteiger partial charge in [0, 0.05) is 6.42 Å². The molecular formula is C15H22ClFO. The molecule has 0 spiro atoms. The maximum atomic E-state index is 13.3. The van der Waals surface area contributed by atoms with Crippen LogP contribution in [0.15, 0.2) is 18.2 Å². The van der Waals surface area contributed by atoms with Crippen LogP contribution < -0.4 is 0 Å². The smallest absolute Gasteiger partial charge is 0.142 e. The third kappa shape index (κ3) is 4.25. The molecule has 0 radical (unpaired) electrons. The predicted octanol–water partition coefficient (Wildman–Crippen LogP) is 4.60. The summed E-state index contributed by atoms with van der Waals surface area (Å²) in [6.45, 7) is 4.23. The first-order valence-corrected chi connectivity index (χ1v) is 7.08. The molecule has 1 N–H and O–H groups in total. The third-order valence-corrected chi connectivity index (χ3v) is 3.75. The molecule has 18 heavy (non-hydrogen) atoms. The molecule has 0 aliphatic heterocycles. The van der Waals surface area contributed by atoms with Crippen molar-refractivity contribution in [2.24, 2.45) is 5.92 Å². The number of aliphatic hydroxyl groups excluding tert-OH is 1. The van der Waals surface area contributed by atoms with E-state index < -0.39 is 11.9 Å². The van der Waals surface area contributed by atoms with Gasteiger partial charge in [0.15, 0.2) is 0 Å². The number of benzene rings is 1. The molecule has 102 valence electrons. The van der Waals surface area contributed by atoms with Gasteiger partial charge in [-0.15, -0.1) is 0 Å². The van der Waals surface area contributed by atoms with E-state index in [1.165, 1.54) is 6.07 Å². The van der Waals surface area contributed by atoms with Crippen molar-refractivity contribution in [2.75, 3.05) is 0 Å². The van der Waals surface area contributed by atoms with Gasteiger partial charge in [-0.3, -0.25) is 0 Å². The summed E-state index contributed by atoms with van der Waals surface area (Å²) in [4.78, 5) is 0. The molecule has 0 aliphatic carbocycles. The average Bonchev–Trinajstić information content (AvgIpc) is 2.34. The Balaban J connectivity index is 2.72. The quantitative estimate of drug-likeness (QED) is 0.769. The van der Waals surface area contributed by atoms with E-state index in [0.29, 0.717) is 12.0 Å². The van der Waals surface area contributed by atoms with E-state index in [9.17, 15) is 9.50 Å². The second kappa shape index (κ2) is 7.75. The molecular weight excluding hydrogens is 251 g/mol. The van der Waals surface area contributed by atoms with Gasteiger partial charge in [-0.2, -0.15) is 0 Å². The van der Waals surface area contributed by atoms with Crippen LogP contribution in [0.3, 0.4) is 0 Å². The fourth-order valence-corrected chi connectivity index (χ4v) is 2.57. The fourth-order valence-electron chi connectivity index (χ4n) is 2.37. The Bertz CT molecular complexity index is 362. The maximum Gasteiger partial charge on any atom is 0.142 e. The molecule has 0 amide bonds. The lowest BCUT2D eigenvalue weighted by atomic mass is 9.89. The summed E-state index contributed by atoms with van der Waals surface area (Å²) in [5.41, 5.74) is 0.696. The van der Waals surface area contributed by atoms with Gasteiger partial charge in [-0.1, -0.05) is 50.4 Å². The molecule has 1 unspecified atom stereocenters. The normalized spacial score (nSPS) is 13.0. The predicted molar refractivity (Wildman–Crippen MR) is 74.4 cm³/mol. The molecule has 0 saturated heterocycles. The molecule has 0 aromatic heterocycles. The van der Waals surface area contributed by atoms with E-state index in [0.717, 1.165) is 25.7 Å². The first-order valence-electron chi connectivity index (χ1n) is 6.71. The highest BCUT2D eigenvalue weighted by atomic mass is 35.5. The average molecular weight is 273 g/mol. The van der Waals surface area contributed by atoms with Crippen LogP contribution in [0.5, 0.6) is 0 Å². The van der Waals surface area contributed by atoms with Gasteiger partial charge in [-0.25, -0.2) is 4.39 Å². The highest BCUT2D eigenvalue weighted by Crippen LogP contribution is 2.25. The number of rotatable bonds is 7. The zero-order valence-electron chi connectivity index (χ0n) is 11.1. The molecule has 3 heteroatoms. The minimum absolute atomic E-state index is 0.142. The van der Waals surface area contributed by atoms with Gasteiger partial charge in [0.2, 0.25) is 0 Å². The molecule has 0 heterocycles.